The fraction of sp³-hybridized carbons (Fsp3) is 0.667. The molecule has 0 spiro atoms. The standard InChI is InChI=1S/C12H20ClNS/c1-5-8(2)6-10(14-4)12-11(13)9(3)7-15-12/h7-8,10,14H,5-6H2,1-4H3. The van der Waals surface area contributed by atoms with Gasteiger partial charge in [-0.3, -0.25) is 0 Å². The van der Waals surface area contributed by atoms with Crippen LogP contribution in [0.3, 0.4) is 0 Å². The second-order valence-corrected chi connectivity index (χ2v) is 5.48. The molecule has 1 N–H and O–H groups in total. The first kappa shape index (κ1) is 13.0. The molecule has 15 heavy (non-hydrogen) atoms. The van der Waals surface area contributed by atoms with Crippen LogP contribution in [0.1, 0.15) is 43.2 Å². The molecule has 86 valence electrons. The molecule has 1 heterocycles. The van der Waals surface area contributed by atoms with E-state index < -0.39 is 0 Å². The molecule has 1 nitrogen and oxygen atoms in total. The van der Waals surface area contributed by atoms with Crippen molar-refractivity contribution in [1.82, 2.24) is 5.32 Å². The molecule has 0 amide bonds. The molecule has 2 unspecified atom stereocenters. The smallest absolute Gasteiger partial charge is 0.0590 e. The minimum Gasteiger partial charge on any atom is -0.312 e. The van der Waals surface area contributed by atoms with Crippen molar-refractivity contribution in [3.05, 3.63) is 20.8 Å². The molecule has 3 heteroatoms. The summed E-state index contributed by atoms with van der Waals surface area (Å²) in [6, 6.07) is 0.408. The van der Waals surface area contributed by atoms with Crippen LogP contribution in [0.2, 0.25) is 5.02 Å². The number of rotatable bonds is 5. The lowest BCUT2D eigenvalue weighted by molar-refractivity contribution is 0.426. The van der Waals surface area contributed by atoms with Crippen molar-refractivity contribution >= 4 is 22.9 Å². The van der Waals surface area contributed by atoms with Crippen molar-refractivity contribution in [3.8, 4) is 0 Å². The van der Waals surface area contributed by atoms with Crippen molar-refractivity contribution in [2.75, 3.05) is 7.05 Å². The minimum absolute atomic E-state index is 0.408. The molecule has 0 saturated carbocycles. The van der Waals surface area contributed by atoms with Gasteiger partial charge in [-0.15, -0.1) is 11.3 Å². The van der Waals surface area contributed by atoms with Crippen molar-refractivity contribution in [3.63, 3.8) is 0 Å². The van der Waals surface area contributed by atoms with Crippen LogP contribution >= 0.6 is 22.9 Å². The van der Waals surface area contributed by atoms with Gasteiger partial charge in [0.15, 0.2) is 0 Å². The molecule has 0 radical (unpaired) electrons. The second kappa shape index (κ2) is 5.88. The maximum atomic E-state index is 6.28. The number of halogens is 1. The first-order valence-electron chi connectivity index (χ1n) is 5.50. The van der Waals surface area contributed by atoms with Crippen LogP contribution in [0.5, 0.6) is 0 Å². The summed E-state index contributed by atoms with van der Waals surface area (Å²) in [5, 5.41) is 6.45. The van der Waals surface area contributed by atoms with Gasteiger partial charge in [-0.05, 0) is 37.3 Å². The summed E-state index contributed by atoms with van der Waals surface area (Å²) in [7, 11) is 2.01. The lowest BCUT2D eigenvalue weighted by Gasteiger charge is -2.19. The maximum absolute atomic E-state index is 6.28. The summed E-state index contributed by atoms with van der Waals surface area (Å²) < 4.78 is 0. The molecule has 1 rings (SSSR count). The van der Waals surface area contributed by atoms with Crippen LogP contribution in [-0.2, 0) is 0 Å². The summed E-state index contributed by atoms with van der Waals surface area (Å²) in [5.74, 6) is 0.737. The van der Waals surface area contributed by atoms with Crippen LogP contribution in [0.4, 0.5) is 0 Å². The Bertz CT molecular complexity index is 309. The zero-order valence-electron chi connectivity index (χ0n) is 9.93. The number of hydrogen-bond acceptors (Lipinski definition) is 2. The van der Waals surface area contributed by atoms with Gasteiger partial charge in [0.25, 0.3) is 0 Å². The average Bonchev–Trinajstić information content (AvgIpc) is 2.56. The van der Waals surface area contributed by atoms with Crippen LogP contribution in [-0.4, -0.2) is 7.05 Å². The minimum atomic E-state index is 0.408. The molecular formula is C12H20ClNS. The van der Waals surface area contributed by atoms with E-state index in [2.05, 4.69) is 31.5 Å². The molecule has 0 aliphatic carbocycles. The molecule has 0 aromatic carbocycles. The molecular weight excluding hydrogens is 226 g/mol. The van der Waals surface area contributed by atoms with Gasteiger partial charge in [-0.25, -0.2) is 0 Å². The highest BCUT2D eigenvalue weighted by Crippen LogP contribution is 2.35. The number of thiophene rings is 1. The van der Waals surface area contributed by atoms with Gasteiger partial charge in [-0.2, -0.15) is 0 Å². The van der Waals surface area contributed by atoms with Gasteiger partial charge in [-0.1, -0.05) is 31.9 Å². The van der Waals surface area contributed by atoms with Gasteiger partial charge in [0, 0.05) is 10.9 Å². The van der Waals surface area contributed by atoms with E-state index in [1.165, 1.54) is 16.9 Å². The Kier molecular flexibility index (Phi) is 5.10. The van der Waals surface area contributed by atoms with E-state index >= 15 is 0 Å². The van der Waals surface area contributed by atoms with Crippen molar-refractivity contribution in [1.29, 1.82) is 0 Å². The van der Waals surface area contributed by atoms with Crippen LogP contribution in [0.15, 0.2) is 5.38 Å². The zero-order valence-corrected chi connectivity index (χ0v) is 11.5. The molecule has 0 bridgehead atoms. The van der Waals surface area contributed by atoms with Crippen LogP contribution in [0, 0.1) is 12.8 Å². The summed E-state index contributed by atoms with van der Waals surface area (Å²) in [5.41, 5.74) is 1.20. The van der Waals surface area contributed by atoms with Crippen LogP contribution < -0.4 is 5.32 Å². The Morgan fingerprint density at radius 1 is 1.53 bits per heavy atom. The van der Waals surface area contributed by atoms with Crippen molar-refractivity contribution in [2.45, 2.75) is 39.7 Å². The highest BCUT2D eigenvalue weighted by molar-refractivity contribution is 7.10. The molecule has 2 atom stereocenters. The lowest BCUT2D eigenvalue weighted by atomic mass is 9.98. The third-order valence-electron chi connectivity index (χ3n) is 2.93. The molecule has 1 aromatic rings. The fourth-order valence-electron chi connectivity index (χ4n) is 1.61. The first-order chi connectivity index (χ1) is 7.10. The molecule has 0 aliphatic rings. The molecule has 0 fully saturated rings. The lowest BCUT2D eigenvalue weighted by Crippen LogP contribution is -2.18. The van der Waals surface area contributed by atoms with Crippen molar-refractivity contribution in [2.24, 2.45) is 5.92 Å². The Morgan fingerprint density at radius 2 is 2.20 bits per heavy atom. The summed E-state index contributed by atoms with van der Waals surface area (Å²) in [4.78, 5) is 1.29. The highest BCUT2D eigenvalue weighted by Gasteiger charge is 2.18. The Balaban J connectivity index is 2.78. The van der Waals surface area contributed by atoms with Gasteiger partial charge in [0.1, 0.15) is 0 Å². The van der Waals surface area contributed by atoms with Gasteiger partial charge >= 0.3 is 0 Å². The highest BCUT2D eigenvalue weighted by atomic mass is 35.5. The van der Waals surface area contributed by atoms with E-state index in [4.69, 9.17) is 11.6 Å². The summed E-state index contributed by atoms with van der Waals surface area (Å²) in [6.45, 7) is 6.59. The predicted molar refractivity (Wildman–Crippen MR) is 69.9 cm³/mol. The molecule has 0 aliphatic heterocycles. The Labute approximate surface area is 102 Å². The summed E-state index contributed by atoms with van der Waals surface area (Å²) in [6.07, 6.45) is 2.38. The zero-order chi connectivity index (χ0) is 11.4. The van der Waals surface area contributed by atoms with E-state index in [1.807, 2.05) is 7.05 Å². The molecule has 1 aromatic heterocycles. The quantitative estimate of drug-likeness (QED) is 0.811. The monoisotopic (exact) mass is 245 g/mol. The fourth-order valence-corrected chi connectivity index (χ4v) is 3.06. The SMILES string of the molecule is CCC(C)CC(NC)c1scc(C)c1Cl. The summed E-state index contributed by atoms with van der Waals surface area (Å²) >= 11 is 8.05. The average molecular weight is 246 g/mol. The van der Waals surface area contributed by atoms with Gasteiger partial charge in [0.05, 0.1) is 5.02 Å². The third-order valence-corrected chi connectivity index (χ3v) is 4.75. The topological polar surface area (TPSA) is 12.0 Å². The Hall–Kier alpha value is -0.0500. The number of nitrogens with one attached hydrogen (secondary N) is 1. The molecule has 0 saturated heterocycles. The normalized spacial score (nSPS) is 15.3. The van der Waals surface area contributed by atoms with Crippen LogP contribution in [0.25, 0.3) is 0 Å². The van der Waals surface area contributed by atoms with E-state index in [1.54, 1.807) is 11.3 Å². The van der Waals surface area contributed by atoms with Gasteiger partial charge in [0.2, 0.25) is 0 Å². The second-order valence-electron chi connectivity index (χ2n) is 4.19. The Morgan fingerprint density at radius 3 is 2.60 bits per heavy atom. The maximum Gasteiger partial charge on any atom is 0.0590 e. The van der Waals surface area contributed by atoms with Crippen molar-refractivity contribution < 1.29 is 0 Å². The number of aryl methyl sites for hydroxylation is 1. The largest absolute Gasteiger partial charge is 0.312 e. The van der Waals surface area contributed by atoms with E-state index in [0.717, 1.165) is 17.4 Å². The number of hydrogen-bond donors (Lipinski definition) is 1. The van der Waals surface area contributed by atoms with E-state index in [0.29, 0.717) is 6.04 Å². The third kappa shape index (κ3) is 3.20. The van der Waals surface area contributed by atoms with E-state index in [9.17, 15) is 0 Å². The van der Waals surface area contributed by atoms with E-state index in [-0.39, 0.29) is 0 Å². The predicted octanol–water partition coefficient (Wildman–Crippen LogP) is 4.41. The first-order valence-corrected chi connectivity index (χ1v) is 6.76. The van der Waals surface area contributed by atoms with Gasteiger partial charge < -0.3 is 5.32 Å².